The Balaban J connectivity index is 1.52. The first-order valence-electron chi connectivity index (χ1n) is 7.47. The number of aromatic nitrogens is 1. The summed E-state index contributed by atoms with van der Waals surface area (Å²) in [6.45, 7) is 2.33. The highest BCUT2D eigenvalue weighted by Gasteiger charge is 2.06. The highest BCUT2D eigenvalue weighted by atomic mass is 35.5. The van der Waals surface area contributed by atoms with Crippen LogP contribution in [0.25, 0.3) is 11.1 Å². The van der Waals surface area contributed by atoms with Gasteiger partial charge in [0.15, 0.2) is 11.5 Å². The molecule has 1 heterocycles. The van der Waals surface area contributed by atoms with E-state index in [9.17, 15) is 4.79 Å². The van der Waals surface area contributed by atoms with Crippen LogP contribution in [0.5, 0.6) is 0 Å². The second kappa shape index (κ2) is 6.84. The zero-order valence-electron chi connectivity index (χ0n) is 12.8. The average Bonchev–Trinajstić information content (AvgIpc) is 2.91. The van der Waals surface area contributed by atoms with Crippen LogP contribution in [-0.2, 0) is 17.8 Å². The second-order valence-electron chi connectivity index (χ2n) is 5.44. The van der Waals surface area contributed by atoms with Crippen molar-refractivity contribution >= 4 is 28.6 Å². The van der Waals surface area contributed by atoms with E-state index in [0.29, 0.717) is 30.3 Å². The standard InChI is InChI=1S/C18H17ClN2O2/c1-12-21-16-10-13(4-8-17(16)23-12)5-9-18(22)20-11-14-2-6-15(19)7-3-14/h2-4,6-8,10H,5,9,11H2,1H3,(H,20,22). The van der Waals surface area contributed by atoms with Crippen LogP contribution in [0.15, 0.2) is 46.9 Å². The first kappa shape index (κ1) is 15.6. The van der Waals surface area contributed by atoms with Crippen LogP contribution >= 0.6 is 11.6 Å². The fourth-order valence-electron chi connectivity index (χ4n) is 2.39. The zero-order valence-corrected chi connectivity index (χ0v) is 13.6. The monoisotopic (exact) mass is 328 g/mol. The number of carbonyl (C=O) groups is 1. The van der Waals surface area contributed by atoms with Gasteiger partial charge in [0.1, 0.15) is 5.52 Å². The molecule has 0 atom stereocenters. The molecule has 118 valence electrons. The van der Waals surface area contributed by atoms with Crippen LogP contribution in [0.4, 0.5) is 0 Å². The first-order valence-corrected chi connectivity index (χ1v) is 7.85. The number of carbonyl (C=O) groups excluding carboxylic acids is 1. The van der Waals surface area contributed by atoms with E-state index in [2.05, 4.69) is 10.3 Å². The molecule has 1 N–H and O–H groups in total. The maximum Gasteiger partial charge on any atom is 0.220 e. The number of aryl methyl sites for hydroxylation is 2. The molecule has 0 aliphatic rings. The summed E-state index contributed by atoms with van der Waals surface area (Å²) in [4.78, 5) is 16.3. The molecule has 0 saturated carbocycles. The van der Waals surface area contributed by atoms with Gasteiger partial charge in [0.25, 0.3) is 0 Å². The van der Waals surface area contributed by atoms with Crippen molar-refractivity contribution in [3.8, 4) is 0 Å². The normalized spacial score (nSPS) is 10.9. The molecule has 1 amide bonds. The van der Waals surface area contributed by atoms with Gasteiger partial charge < -0.3 is 9.73 Å². The minimum atomic E-state index is 0.0244. The van der Waals surface area contributed by atoms with Crippen LogP contribution in [0.3, 0.4) is 0 Å². The predicted molar refractivity (Wildman–Crippen MR) is 90.4 cm³/mol. The summed E-state index contributed by atoms with van der Waals surface area (Å²) in [6.07, 6.45) is 1.12. The summed E-state index contributed by atoms with van der Waals surface area (Å²) < 4.78 is 5.44. The molecule has 0 bridgehead atoms. The maximum absolute atomic E-state index is 12.0. The summed E-state index contributed by atoms with van der Waals surface area (Å²) >= 11 is 5.84. The van der Waals surface area contributed by atoms with Crippen molar-refractivity contribution in [3.05, 3.63) is 64.5 Å². The van der Waals surface area contributed by atoms with Gasteiger partial charge in [0, 0.05) is 24.9 Å². The number of nitrogens with one attached hydrogen (secondary N) is 1. The number of hydrogen-bond donors (Lipinski definition) is 1. The van der Waals surface area contributed by atoms with Crippen molar-refractivity contribution in [2.45, 2.75) is 26.3 Å². The molecule has 0 unspecified atom stereocenters. The van der Waals surface area contributed by atoms with Crippen LogP contribution in [0, 0.1) is 6.92 Å². The van der Waals surface area contributed by atoms with E-state index in [1.165, 1.54) is 0 Å². The molecule has 23 heavy (non-hydrogen) atoms. The van der Waals surface area contributed by atoms with E-state index in [1.54, 1.807) is 0 Å². The lowest BCUT2D eigenvalue weighted by Crippen LogP contribution is -2.22. The van der Waals surface area contributed by atoms with Crippen LogP contribution in [-0.4, -0.2) is 10.9 Å². The molecular weight excluding hydrogens is 312 g/mol. The van der Waals surface area contributed by atoms with Crippen molar-refractivity contribution in [1.82, 2.24) is 10.3 Å². The zero-order chi connectivity index (χ0) is 16.2. The van der Waals surface area contributed by atoms with Crippen molar-refractivity contribution in [1.29, 1.82) is 0 Å². The van der Waals surface area contributed by atoms with Gasteiger partial charge in [-0.25, -0.2) is 4.98 Å². The lowest BCUT2D eigenvalue weighted by molar-refractivity contribution is -0.121. The number of hydrogen-bond acceptors (Lipinski definition) is 3. The largest absolute Gasteiger partial charge is 0.441 e. The molecule has 1 aromatic heterocycles. The fraction of sp³-hybridized carbons (Fsp3) is 0.222. The second-order valence-corrected chi connectivity index (χ2v) is 5.87. The number of oxazole rings is 1. The number of halogens is 1. The third-order valence-corrected chi connectivity index (χ3v) is 3.85. The quantitative estimate of drug-likeness (QED) is 0.769. The third-order valence-electron chi connectivity index (χ3n) is 3.60. The van der Waals surface area contributed by atoms with Gasteiger partial charge in [-0.15, -0.1) is 0 Å². The van der Waals surface area contributed by atoms with Gasteiger partial charge >= 0.3 is 0 Å². The molecule has 0 spiro atoms. The molecule has 0 radical (unpaired) electrons. The van der Waals surface area contributed by atoms with E-state index < -0.39 is 0 Å². The van der Waals surface area contributed by atoms with Crippen LogP contribution in [0.2, 0.25) is 5.02 Å². The number of benzene rings is 2. The summed E-state index contributed by atoms with van der Waals surface area (Å²) in [6, 6.07) is 13.3. The smallest absolute Gasteiger partial charge is 0.220 e. The fourth-order valence-corrected chi connectivity index (χ4v) is 2.52. The lowest BCUT2D eigenvalue weighted by Gasteiger charge is -2.06. The van der Waals surface area contributed by atoms with Gasteiger partial charge in [-0.3, -0.25) is 4.79 Å². The summed E-state index contributed by atoms with van der Waals surface area (Å²) in [7, 11) is 0. The number of nitrogens with zero attached hydrogens (tertiary/aromatic N) is 1. The van der Waals surface area contributed by atoms with Gasteiger partial charge in [0.05, 0.1) is 0 Å². The Bertz CT molecular complexity index is 825. The summed E-state index contributed by atoms with van der Waals surface area (Å²) in [5.74, 6) is 0.675. The van der Waals surface area contributed by atoms with Crippen molar-refractivity contribution in [2.24, 2.45) is 0 Å². The highest BCUT2D eigenvalue weighted by Crippen LogP contribution is 2.17. The van der Waals surface area contributed by atoms with Gasteiger partial charge in [-0.2, -0.15) is 0 Å². The first-order chi connectivity index (χ1) is 11.1. The minimum Gasteiger partial charge on any atom is -0.441 e. The molecule has 5 heteroatoms. The van der Waals surface area contributed by atoms with Crippen LogP contribution in [0.1, 0.15) is 23.4 Å². The molecule has 3 aromatic rings. The Morgan fingerprint density at radius 2 is 1.91 bits per heavy atom. The van der Waals surface area contributed by atoms with E-state index in [0.717, 1.165) is 22.2 Å². The summed E-state index contributed by atoms with van der Waals surface area (Å²) in [5, 5.41) is 3.61. The molecule has 4 nitrogen and oxygen atoms in total. The van der Waals surface area contributed by atoms with E-state index in [1.807, 2.05) is 49.4 Å². The van der Waals surface area contributed by atoms with E-state index in [-0.39, 0.29) is 5.91 Å². The van der Waals surface area contributed by atoms with E-state index >= 15 is 0 Å². The average molecular weight is 329 g/mol. The van der Waals surface area contributed by atoms with Crippen molar-refractivity contribution in [3.63, 3.8) is 0 Å². The Labute approximate surface area is 139 Å². The van der Waals surface area contributed by atoms with Crippen molar-refractivity contribution in [2.75, 3.05) is 0 Å². The topological polar surface area (TPSA) is 55.1 Å². The molecule has 0 saturated heterocycles. The Morgan fingerprint density at radius 3 is 2.70 bits per heavy atom. The maximum atomic E-state index is 12.0. The van der Waals surface area contributed by atoms with Crippen LogP contribution < -0.4 is 5.32 Å². The number of rotatable bonds is 5. The third kappa shape index (κ3) is 4.11. The molecule has 3 rings (SSSR count). The Morgan fingerprint density at radius 1 is 1.17 bits per heavy atom. The van der Waals surface area contributed by atoms with Gasteiger partial charge in [0.2, 0.25) is 5.91 Å². The highest BCUT2D eigenvalue weighted by molar-refractivity contribution is 6.30. The van der Waals surface area contributed by atoms with Gasteiger partial charge in [-0.1, -0.05) is 29.8 Å². The SMILES string of the molecule is Cc1nc2cc(CCC(=O)NCc3ccc(Cl)cc3)ccc2o1. The molecular formula is C18H17ClN2O2. The Hall–Kier alpha value is -2.33. The molecule has 0 fully saturated rings. The molecule has 2 aromatic carbocycles. The predicted octanol–water partition coefficient (Wildman–Crippen LogP) is 4.04. The van der Waals surface area contributed by atoms with Crippen molar-refractivity contribution < 1.29 is 9.21 Å². The summed E-state index contributed by atoms with van der Waals surface area (Å²) in [5.41, 5.74) is 3.72. The van der Waals surface area contributed by atoms with E-state index in [4.69, 9.17) is 16.0 Å². The molecule has 0 aliphatic heterocycles. The Kier molecular flexibility index (Phi) is 4.63. The number of fused-ring (bicyclic) bond motifs is 1. The number of amides is 1. The minimum absolute atomic E-state index is 0.0244. The lowest BCUT2D eigenvalue weighted by atomic mass is 10.1. The molecule has 0 aliphatic carbocycles. The van der Waals surface area contributed by atoms with Gasteiger partial charge in [-0.05, 0) is 41.8 Å².